The van der Waals surface area contributed by atoms with Crippen LogP contribution in [0.4, 0.5) is 28.4 Å². The molecule has 12 rings (SSSR count). The van der Waals surface area contributed by atoms with Crippen molar-refractivity contribution >= 4 is 55.4 Å². The lowest BCUT2D eigenvalue weighted by molar-refractivity contribution is -0.384. The highest BCUT2D eigenvalue weighted by Crippen LogP contribution is 2.57. The number of aromatic amines is 1. The highest BCUT2D eigenvalue weighted by atomic mass is 32.2. The monoisotopic (exact) mass is 986 g/mol. The number of hydrogen-bond acceptors (Lipinski definition) is 14. The van der Waals surface area contributed by atoms with Gasteiger partial charge in [-0.3, -0.25) is 19.8 Å². The van der Waals surface area contributed by atoms with E-state index in [1.54, 1.807) is 6.07 Å². The zero-order valence-corrected chi connectivity index (χ0v) is 40.8. The molecule has 17 nitrogen and oxygen atoms in total. The van der Waals surface area contributed by atoms with E-state index < -0.39 is 31.4 Å². The van der Waals surface area contributed by atoms with Gasteiger partial charge in [0.2, 0.25) is 5.88 Å². The van der Waals surface area contributed by atoms with Gasteiger partial charge in [-0.15, -0.1) is 0 Å². The van der Waals surface area contributed by atoms with Gasteiger partial charge in [0.25, 0.3) is 21.6 Å². The Kier molecular flexibility index (Phi) is 12.1. The number of nitrogens with zero attached hydrogens (tertiary/aromatic N) is 5. The fourth-order valence-electron chi connectivity index (χ4n) is 13.0. The molecule has 0 bridgehead atoms. The Morgan fingerprint density at radius 3 is 2.56 bits per heavy atom. The van der Waals surface area contributed by atoms with Crippen LogP contribution >= 0.6 is 0 Å². The number of pyridine rings is 1. The Labute approximate surface area is 413 Å². The van der Waals surface area contributed by atoms with Crippen LogP contribution in [-0.2, 0) is 25.0 Å². The van der Waals surface area contributed by atoms with Crippen molar-refractivity contribution in [2.24, 2.45) is 17.3 Å². The van der Waals surface area contributed by atoms with Crippen molar-refractivity contribution in [1.82, 2.24) is 19.6 Å². The van der Waals surface area contributed by atoms with E-state index in [-0.39, 0.29) is 40.1 Å². The average molecular weight is 987 g/mol. The van der Waals surface area contributed by atoms with Crippen molar-refractivity contribution in [2.45, 2.75) is 93.2 Å². The molecule has 6 aliphatic heterocycles. The molecule has 1 amide bonds. The second kappa shape index (κ2) is 18.6. The molecule has 71 heavy (non-hydrogen) atoms. The zero-order valence-electron chi connectivity index (χ0n) is 40.0. The predicted molar refractivity (Wildman–Crippen MR) is 268 cm³/mol. The number of amides is 1. The number of carbonyl (C=O) groups is 1. The van der Waals surface area contributed by atoms with Gasteiger partial charge < -0.3 is 39.0 Å². The van der Waals surface area contributed by atoms with E-state index in [1.807, 2.05) is 30.5 Å². The lowest BCUT2D eigenvalue weighted by Crippen LogP contribution is -2.62. The van der Waals surface area contributed by atoms with E-state index in [4.69, 9.17) is 23.9 Å². The molecule has 7 aliphatic rings. The lowest BCUT2D eigenvalue weighted by atomic mass is 9.58. The first-order valence-corrected chi connectivity index (χ1v) is 27.1. The smallest absolute Gasteiger partial charge is 0.293 e. The number of benzene rings is 3. The molecule has 18 heteroatoms. The third-order valence-corrected chi connectivity index (χ3v) is 18.3. The van der Waals surface area contributed by atoms with Crippen LogP contribution in [-0.4, -0.2) is 112 Å². The molecule has 1 aliphatic carbocycles. The summed E-state index contributed by atoms with van der Waals surface area (Å²) in [6.45, 7) is 6.72. The predicted octanol–water partition coefficient (Wildman–Crippen LogP) is 8.28. The number of H-pyrrole nitrogens is 1. The second-order valence-electron chi connectivity index (χ2n) is 21.0. The van der Waals surface area contributed by atoms with Gasteiger partial charge in [0.05, 0.1) is 39.8 Å². The zero-order chi connectivity index (χ0) is 48.3. The number of nitro groups is 1. The minimum atomic E-state index is -4.59. The second-order valence-corrected chi connectivity index (χ2v) is 22.6. The van der Waals surface area contributed by atoms with Crippen LogP contribution in [0.15, 0.2) is 83.9 Å². The fourth-order valence-corrected chi connectivity index (χ4v) is 14.0. The molecule has 8 heterocycles. The van der Waals surface area contributed by atoms with Crippen LogP contribution in [0.3, 0.4) is 0 Å². The molecule has 4 saturated heterocycles. The number of carbonyl (C=O) groups excluding carboxylic acids is 1. The molecule has 2 spiro atoms. The molecule has 1 saturated carbocycles. The van der Waals surface area contributed by atoms with Gasteiger partial charge in [-0.25, -0.2) is 13.1 Å². The summed E-state index contributed by atoms with van der Waals surface area (Å²) >= 11 is 0. The summed E-state index contributed by atoms with van der Waals surface area (Å²) in [5.74, 6) is 0.852. The topological polar surface area (TPSA) is 194 Å². The molecule has 5 aromatic rings. The van der Waals surface area contributed by atoms with Crippen LogP contribution in [0.5, 0.6) is 11.6 Å². The van der Waals surface area contributed by atoms with Crippen molar-refractivity contribution < 1.29 is 37.1 Å². The summed E-state index contributed by atoms with van der Waals surface area (Å²) in [5.41, 5.74) is 4.37. The lowest BCUT2D eigenvalue weighted by Gasteiger charge is -2.61. The summed E-state index contributed by atoms with van der Waals surface area (Å²) in [6.07, 6.45) is 13.0. The van der Waals surface area contributed by atoms with Crippen molar-refractivity contribution in [3.05, 3.63) is 100 Å². The van der Waals surface area contributed by atoms with Gasteiger partial charge in [0.1, 0.15) is 28.9 Å². The Morgan fingerprint density at radius 2 is 1.72 bits per heavy atom. The number of likely N-dealkylation sites (tertiary alicyclic amines) is 1. The van der Waals surface area contributed by atoms with Crippen LogP contribution in [0.1, 0.15) is 86.6 Å². The van der Waals surface area contributed by atoms with Crippen molar-refractivity contribution in [2.75, 3.05) is 80.9 Å². The molecule has 3 N–H and O–H groups in total. The summed E-state index contributed by atoms with van der Waals surface area (Å²) in [4.78, 5) is 41.5. The number of fused-ring (bicyclic) bond motifs is 5. The molecule has 0 unspecified atom stereocenters. The number of ether oxygens (including phenoxy) is 4. The first-order valence-electron chi connectivity index (χ1n) is 25.6. The SMILES string of the molecule is O=C(NS(=O)(=O)c1ccc(NCC2CCOCC2)c([N+](=O)[O-])c1)c1ccc(N2CCC3(CC2)CC(N2CCCC[C@]24CCOc2ccccc24)C3)cc1N1C[C@H]2CCOC[C@H]2Oc2nc3[nH]ccc3cc21. The first kappa shape index (κ1) is 46.1. The van der Waals surface area contributed by atoms with Gasteiger partial charge in [0, 0.05) is 93.3 Å². The maximum Gasteiger partial charge on any atom is 0.293 e. The molecule has 0 radical (unpaired) electrons. The van der Waals surface area contributed by atoms with E-state index in [1.165, 1.54) is 49.8 Å². The number of piperidine rings is 2. The van der Waals surface area contributed by atoms with Gasteiger partial charge in [-0.2, -0.15) is 4.98 Å². The van der Waals surface area contributed by atoms with E-state index in [9.17, 15) is 23.3 Å². The molecule has 3 atom stereocenters. The van der Waals surface area contributed by atoms with Gasteiger partial charge in [-0.05, 0) is 131 Å². The van der Waals surface area contributed by atoms with Gasteiger partial charge >= 0.3 is 0 Å². The number of rotatable bonds is 10. The Bertz CT molecular complexity index is 2950. The minimum absolute atomic E-state index is 0.00813. The highest BCUT2D eigenvalue weighted by Gasteiger charge is 2.54. The van der Waals surface area contributed by atoms with Crippen molar-refractivity contribution in [1.29, 1.82) is 0 Å². The van der Waals surface area contributed by atoms with Crippen LogP contribution < -0.4 is 29.3 Å². The van der Waals surface area contributed by atoms with E-state index in [2.05, 4.69) is 54.0 Å². The average Bonchev–Trinajstić information content (AvgIpc) is 3.78. The number of nitrogens with one attached hydrogen (secondary N) is 3. The fraction of sp³-hybridized carbons (Fsp3) is 0.509. The number of anilines is 4. The largest absolute Gasteiger partial charge is 0.493 e. The van der Waals surface area contributed by atoms with Crippen LogP contribution in [0.2, 0.25) is 0 Å². The summed E-state index contributed by atoms with van der Waals surface area (Å²) < 4.78 is 54.8. The van der Waals surface area contributed by atoms with Crippen LogP contribution in [0, 0.1) is 27.4 Å². The van der Waals surface area contributed by atoms with Gasteiger partial charge in [0.15, 0.2) is 0 Å². The Hall–Kier alpha value is -5.95. The maximum absolute atomic E-state index is 14.7. The number of hydrogen-bond donors (Lipinski definition) is 3. The number of aromatic nitrogens is 2. The quantitative estimate of drug-likeness (QED) is 0.0894. The van der Waals surface area contributed by atoms with E-state index in [0.29, 0.717) is 68.5 Å². The third kappa shape index (κ3) is 8.63. The summed E-state index contributed by atoms with van der Waals surface area (Å²) in [6, 6.07) is 22.5. The normalized spacial score (nSPS) is 24.7. The van der Waals surface area contributed by atoms with E-state index >= 15 is 0 Å². The number of nitro benzene ring substituents is 1. The van der Waals surface area contributed by atoms with E-state index in [0.717, 1.165) is 87.7 Å². The summed E-state index contributed by atoms with van der Waals surface area (Å²) in [5, 5.41) is 16.3. The first-order chi connectivity index (χ1) is 34.5. The maximum atomic E-state index is 14.7. The minimum Gasteiger partial charge on any atom is -0.493 e. The Balaban J connectivity index is 0.832. The molecule has 5 fully saturated rings. The molecule has 374 valence electrons. The number of para-hydroxylation sites is 1. The third-order valence-electron chi connectivity index (χ3n) is 17.0. The van der Waals surface area contributed by atoms with Crippen molar-refractivity contribution in [3.8, 4) is 11.6 Å². The molecule has 2 aromatic heterocycles. The van der Waals surface area contributed by atoms with Crippen molar-refractivity contribution in [3.63, 3.8) is 0 Å². The standard InChI is InChI=1S/C53H62N8O9S/c62-50(57-71(65,66)40-8-10-43(45(29-40)61(63)64)55-32-35-12-23-67-24-13-35)41-9-7-38(28-44(41)59-33-37-14-25-68-34-48(37)70-51-46(59)27-36-11-19-54-49(36)56-51)58-21-16-52(17-22-58)30-39(31-52)60-20-4-3-15-53(60)18-26-69-47-6-2-1-5-42(47)53/h1-2,5-11,19,27-29,35,37,39,48,55H,3-4,12-18,20-26,30-34H2,(H,54,56)(H,57,62)/t37-,48-,53-/m1/s1. The molecule has 3 aromatic carbocycles. The highest BCUT2D eigenvalue weighted by molar-refractivity contribution is 7.90. The summed E-state index contributed by atoms with van der Waals surface area (Å²) in [7, 11) is -4.59. The van der Waals surface area contributed by atoms with Crippen LogP contribution in [0.25, 0.3) is 11.0 Å². The molecular weight excluding hydrogens is 925 g/mol. The van der Waals surface area contributed by atoms with Gasteiger partial charge in [-0.1, -0.05) is 18.2 Å². The Morgan fingerprint density at radius 1 is 0.887 bits per heavy atom. The number of sulfonamides is 1. The molecular formula is C53H62N8O9S.